The van der Waals surface area contributed by atoms with Gasteiger partial charge in [0.05, 0.1) is 5.75 Å². The number of nitrogens with one attached hydrogen (secondary N) is 2. The van der Waals surface area contributed by atoms with E-state index in [1.54, 1.807) is 0 Å². The first kappa shape index (κ1) is 15.2. The van der Waals surface area contributed by atoms with Crippen molar-refractivity contribution in [2.24, 2.45) is 0 Å². The Bertz CT molecular complexity index is 552. The SMILES string of the molecule is CC(CS(=O)(=O)NCC1=CCNCC1)c1ccccc1. The van der Waals surface area contributed by atoms with Crippen molar-refractivity contribution in [1.29, 1.82) is 0 Å². The zero-order valence-corrected chi connectivity index (χ0v) is 12.6. The lowest BCUT2D eigenvalue weighted by molar-refractivity contribution is 0.577. The summed E-state index contributed by atoms with van der Waals surface area (Å²) in [5.41, 5.74) is 2.22. The maximum atomic E-state index is 12.1. The fourth-order valence-corrected chi connectivity index (χ4v) is 3.67. The molecule has 0 spiro atoms. The Morgan fingerprint density at radius 2 is 2.05 bits per heavy atom. The Morgan fingerprint density at radius 3 is 2.70 bits per heavy atom. The highest BCUT2D eigenvalue weighted by atomic mass is 32.2. The zero-order chi connectivity index (χ0) is 14.4. The van der Waals surface area contributed by atoms with E-state index in [4.69, 9.17) is 0 Å². The van der Waals surface area contributed by atoms with Crippen LogP contribution in [0, 0.1) is 0 Å². The highest BCUT2D eigenvalue weighted by molar-refractivity contribution is 7.89. The fourth-order valence-electron chi connectivity index (χ4n) is 2.30. The molecule has 1 aliphatic heterocycles. The molecule has 110 valence electrons. The van der Waals surface area contributed by atoms with Gasteiger partial charge < -0.3 is 5.32 Å². The van der Waals surface area contributed by atoms with Crippen molar-refractivity contribution in [3.63, 3.8) is 0 Å². The largest absolute Gasteiger partial charge is 0.313 e. The first-order valence-corrected chi connectivity index (χ1v) is 8.63. The van der Waals surface area contributed by atoms with E-state index in [1.165, 1.54) is 5.57 Å². The number of rotatable bonds is 6. The van der Waals surface area contributed by atoms with Gasteiger partial charge in [-0.1, -0.05) is 48.9 Å². The molecule has 4 nitrogen and oxygen atoms in total. The van der Waals surface area contributed by atoms with Gasteiger partial charge in [-0.25, -0.2) is 13.1 Å². The van der Waals surface area contributed by atoms with Crippen molar-refractivity contribution >= 4 is 10.0 Å². The third kappa shape index (κ3) is 4.74. The van der Waals surface area contributed by atoms with E-state index in [0.29, 0.717) is 6.54 Å². The molecule has 0 saturated carbocycles. The minimum atomic E-state index is -3.24. The van der Waals surface area contributed by atoms with Crippen molar-refractivity contribution < 1.29 is 8.42 Å². The predicted molar refractivity (Wildman–Crippen MR) is 82.2 cm³/mol. The molecule has 1 atom stereocenters. The second kappa shape index (κ2) is 7.02. The van der Waals surface area contributed by atoms with Crippen LogP contribution in [-0.2, 0) is 10.0 Å². The van der Waals surface area contributed by atoms with Crippen LogP contribution in [0.25, 0.3) is 0 Å². The van der Waals surface area contributed by atoms with E-state index in [9.17, 15) is 8.42 Å². The van der Waals surface area contributed by atoms with E-state index in [1.807, 2.05) is 37.3 Å². The van der Waals surface area contributed by atoms with Crippen LogP contribution in [0.15, 0.2) is 42.0 Å². The number of hydrogen-bond donors (Lipinski definition) is 2. The maximum absolute atomic E-state index is 12.1. The topological polar surface area (TPSA) is 58.2 Å². The van der Waals surface area contributed by atoms with E-state index in [-0.39, 0.29) is 11.7 Å². The molecule has 5 heteroatoms. The quantitative estimate of drug-likeness (QED) is 0.784. The summed E-state index contributed by atoms with van der Waals surface area (Å²) in [6.07, 6.45) is 2.98. The van der Waals surface area contributed by atoms with E-state index in [2.05, 4.69) is 16.1 Å². The molecule has 0 radical (unpaired) electrons. The van der Waals surface area contributed by atoms with E-state index < -0.39 is 10.0 Å². The standard InChI is InChI=1S/C15H22N2O2S/c1-13(15-5-3-2-4-6-15)12-20(18,19)17-11-14-7-9-16-10-8-14/h2-7,13,16-17H,8-12H2,1H3. The summed E-state index contributed by atoms with van der Waals surface area (Å²) in [7, 11) is -3.24. The van der Waals surface area contributed by atoms with Gasteiger partial charge in [0.1, 0.15) is 0 Å². The Kier molecular flexibility index (Phi) is 5.34. The number of benzene rings is 1. The van der Waals surface area contributed by atoms with Gasteiger partial charge in [-0.15, -0.1) is 0 Å². The molecule has 2 rings (SSSR count). The Balaban J connectivity index is 1.89. The molecule has 0 amide bonds. The molecular formula is C15H22N2O2S. The molecule has 1 aromatic carbocycles. The van der Waals surface area contributed by atoms with Gasteiger partial charge in [-0.3, -0.25) is 0 Å². The highest BCUT2D eigenvalue weighted by Gasteiger charge is 2.17. The van der Waals surface area contributed by atoms with Gasteiger partial charge in [0.15, 0.2) is 0 Å². The van der Waals surface area contributed by atoms with Gasteiger partial charge in [-0.05, 0) is 24.4 Å². The average molecular weight is 294 g/mol. The lowest BCUT2D eigenvalue weighted by Crippen LogP contribution is -2.32. The van der Waals surface area contributed by atoms with Crippen molar-refractivity contribution in [3.05, 3.63) is 47.5 Å². The summed E-state index contributed by atoms with van der Waals surface area (Å²) >= 11 is 0. The van der Waals surface area contributed by atoms with Crippen molar-refractivity contribution in [3.8, 4) is 0 Å². The minimum Gasteiger partial charge on any atom is -0.313 e. The molecule has 0 saturated heterocycles. The molecular weight excluding hydrogens is 272 g/mol. The van der Waals surface area contributed by atoms with Gasteiger partial charge >= 0.3 is 0 Å². The first-order valence-electron chi connectivity index (χ1n) is 6.98. The number of sulfonamides is 1. The lowest BCUT2D eigenvalue weighted by atomic mass is 10.0. The van der Waals surface area contributed by atoms with Crippen molar-refractivity contribution in [1.82, 2.24) is 10.0 Å². The van der Waals surface area contributed by atoms with Crippen LogP contribution >= 0.6 is 0 Å². The lowest BCUT2D eigenvalue weighted by Gasteiger charge is -2.16. The predicted octanol–water partition coefficient (Wildman–Crippen LogP) is 1.63. The monoisotopic (exact) mass is 294 g/mol. The van der Waals surface area contributed by atoms with Crippen LogP contribution in [0.3, 0.4) is 0 Å². The average Bonchev–Trinajstić information content (AvgIpc) is 2.47. The second-order valence-corrected chi connectivity index (χ2v) is 7.08. The Hall–Kier alpha value is -1.17. The zero-order valence-electron chi connectivity index (χ0n) is 11.8. The van der Waals surface area contributed by atoms with Crippen molar-refractivity contribution in [2.75, 3.05) is 25.4 Å². The van der Waals surface area contributed by atoms with Crippen LogP contribution in [0.5, 0.6) is 0 Å². The van der Waals surface area contributed by atoms with Crippen LogP contribution in [0.1, 0.15) is 24.8 Å². The molecule has 0 aliphatic carbocycles. The van der Waals surface area contributed by atoms with Crippen molar-refractivity contribution in [2.45, 2.75) is 19.3 Å². The molecule has 0 aromatic heterocycles. The normalized spacial score (nSPS) is 17.6. The fraction of sp³-hybridized carbons (Fsp3) is 0.467. The Morgan fingerprint density at radius 1 is 1.30 bits per heavy atom. The third-order valence-electron chi connectivity index (χ3n) is 3.52. The maximum Gasteiger partial charge on any atom is 0.212 e. The van der Waals surface area contributed by atoms with Gasteiger partial charge in [0, 0.05) is 13.1 Å². The smallest absolute Gasteiger partial charge is 0.212 e. The van der Waals surface area contributed by atoms with Crippen LogP contribution < -0.4 is 10.0 Å². The van der Waals surface area contributed by atoms with Crippen LogP contribution in [0.4, 0.5) is 0 Å². The van der Waals surface area contributed by atoms with Gasteiger partial charge in [0.25, 0.3) is 0 Å². The summed E-state index contributed by atoms with van der Waals surface area (Å²) in [6.45, 7) is 4.13. The first-order chi connectivity index (χ1) is 9.57. The summed E-state index contributed by atoms with van der Waals surface area (Å²) in [5.74, 6) is 0.124. The molecule has 20 heavy (non-hydrogen) atoms. The molecule has 0 fully saturated rings. The second-order valence-electron chi connectivity index (χ2n) is 5.23. The molecule has 1 aromatic rings. The third-order valence-corrected chi connectivity index (χ3v) is 5.04. The van der Waals surface area contributed by atoms with Crippen LogP contribution in [-0.4, -0.2) is 33.8 Å². The van der Waals surface area contributed by atoms with Gasteiger partial charge in [0.2, 0.25) is 10.0 Å². The molecule has 1 unspecified atom stereocenters. The Labute approximate surface area is 121 Å². The van der Waals surface area contributed by atoms with E-state index in [0.717, 1.165) is 25.1 Å². The van der Waals surface area contributed by atoms with Crippen LogP contribution in [0.2, 0.25) is 0 Å². The molecule has 1 aliphatic rings. The molecule has 1 heterocycles. The summed E-state index contributed by atoms with van der Waals surface area (Å²) in [6, 6.07) is 9.75. The summed E-state index contributed by atoms with van der Waals surface area (Å²) < 4.78 is 26.9. The van der Waals surface area contributed by atoms with Gasteiger partial charge in [-0.2, -0.15) is 0 Å². The number of hydrogen-bond acceptors (Lipinski definition) is 3. The summed E-state index contributed by atoms with van der Waals surface area (Å²) in [5, 5.41) is 3.21. The summed E-state index contributed by atoms with van der Waals surface area (Å²) in [4.78, 5) is 0. The van der Waals surface area contributed by atoms with E-state index >= 15 is 0 Å². The molecule has 2 N–H and O–H groups in total. The minimum absolute atomic E-state index is 0.00398. The highest BCUT2D eigenvalue weighted by Crippen LogP contribution is 2.16. The molecule has 0 bridgehead atoms.